The highest BCUT2D eigenvalue weighted by molar-refractivity contribution is 6.52. The van der Waals surface area contributed by atoms with Gasteiger partial charge < -0.3 is 14.9 Å². The quantitative estimate of drug-likeness (QED) is 0.0425. The van der Waals surface area contributed by atoms with Crippen LogP contribution in [-0.4, -0.2) is 35.8 Å². The second kappa shape index (κ2) is 24.0. The molecule has 1 N–H and O–H groups in total. The average molecular weight is 907 g/mol. The molecule has 0 saturated carbocycles. The summed E-state index contributed by atoms with van der Waals surface area (Å²) in [6.45, 7) is 6.51. The van der Waals surface area contributed by atoms with Crippen molar-refractivity contribution in [2.75, 3.05) is 27.9 Å². The first-order valence-electron chi connectivity index (χ1n) is 25.7. The van der Waals surface area contributed by atoms with Gasteiger partial charge in [-0.25, -0.2) is 4.79 Å². The van der Waals surface area contributed by atoms with Gasteiger partial charge in [0.05, 0.1) is 11.3 Å². The minimum Gasteiger partial charge on any atom is -0.476 e. The first-order valence-corrected chi connectivity index (χ1v) is 25.7. The van der Waals surface area contributed by atoms with Gasteiger partial charge in [0.25, 0.3) is 5.91 Å². The van der Waals surface area contributed by atoms with Gasteiger partial charge in [0.1, 0.15) is 0 Å². The van der Waals surface area contributed by atoms with Gasteiger partial charge in [0.15, 0.2) is 5.71 Å². The number of hydrogen-bond acceptors (Lipinski definition) is 5. The average Bonchev–Trinajstić information content (AvgIpc) is 3.71. The number of carboxylic acid groups (broad SMARTS) is 1. The van der Waals surface area contributed by atoms with Crippen LogP contribution in [-0.2, 0) is 35.3 Å². The molecule has 3 aliphatic heterocycles. The Morgan fingerprint density at radius 3 is 1.59 bits per heavy atom. The van der Waals surface area contributed by atoms with E-state index >= 15 is 0 Å². The number of allylic oxidation sites excluding steroid dienone is 4. The second-order valence-corrected chi connectivity index (χ2v) is 18.8. The molecule has 3 aliphatic rings. The number of benzene rings is 5. The highest BCUT2D eigenvalue weighted by Crippen LogP contribution is 2.40. The third kappa shape index (κ3) is 12.0. The van der Waals surface area contributed by atoms with Crippen LogP contribution in [0.4, 0.5) is 28.4 Å². The molecule has 68 heavy (non-hydrogen) atoms. The summed E-state index contributed by atoms with van der Waals surface area (Å²) in [5.74, 6) is -1.71. The highest BCUT2D eigenvalue weighted by atomic mass is 16.4. The van der Waals surface area contributed by atoms with Crippen molar-refractivity contribution in [1.82, 2.24) is 0 Å². The van der Waals surface area contributed by atoms with Crippen LogP contribution in [0.5, 0.6) is 0 Å². The Labute approximate surface area is 405 Å². The van der Waals surface area contributed by atoms with E-state index in [0.717, 1.165) is 73.3 Å². The van der Waals surface area contributed by atoms with Crippen LogP contribution < -0.4 is 14.8 Å². The van der Waals surface area contributed by atoms with Crippen LogP contribution in [0.25, 0.3) is 5.57 Å². The van der Waals surface area contributed by atoms with Gasteiger partial charge in [-0.1, -0.05) is 151 Å². The van der Waals surface area contributed by atoms with Gasteiger partial charge in [0.2, 0.25) is 0 Å². The molecule has 352 valence electrons. The number of carbonyl (C=O) groups excluding carboxylic acids is 1. The predicted octanol–water partition coefficient (Wildman–Crippen LogP) is 15.1. The molecule has 0 aromatic heterocycles. The maximum Gasteiger partial charge on any atom is 0.357 e. The molecule has 5 aromatic carbocycles. The number of para-hydroxylation sites is 1. The summed E-state index contributed by atoms with van der Waals surface area (Å²) in [7, 11) is 0. The van der Waals surface area contributed by atoms with Crippen molar-refractivity contribution in [3.63, 3.8) is 0 Å². The number of fused-ring (bicyclic) bond motifs is 2. The summed E-state index contributed by atoms with van der Waals surface area (Å²) in [6.07, 6.45) is 29.5. The van der Waals surface area contributed by atoms with Crippen molar-refractivity contribution in [3.05, 3.63) is 179 Å². The van der Waals surface area contributed by atoms with Crippen LogP contribution >= 0.6 is 0 Å². The first kappa shape index (κ1) is 48.0. The zero-order valence-electron chi connectivity index (χ0n) is 40.5. The van der Waals surface area contributed by atoms with Gasteiger partial charge in [-0.2, -0.15) is 10.1 Å². The summed E-state index contributed by atoms with van der Waals surface area (Å²) in [6, 6.07) is 41.2. The van der Waals surface area contributed by atoms with E-state index in [1.807, 2.05) is 12.1 Å². The molecule has 1 amide bonds. The van der Waals surface area contributed by atoms with Gasteiger partial charge in [-0.15, -0.1) is 0 Å². The van der Waals surface area contributed by atoms with Crippen LogP contribution in [0.1, 0.15) is 137 Å². The number of aryl methyl sites for hydroxylation is 4. The standard InChI is InChI=1S/C61H70N4O3/c1-3-5-7-9-11-14-22-46-30-36-52(37-31-46)63-42-20-24-50-44-48(34-40-57(50)63)55(28-18-19-29-56-59(61(67)68)62-65(60(56)66)54-26-16-13-17-27-54)49-35-41-58-51(45-49)25-21-43-64(58)53-38-32-47(33-39-53)23-15-12-10-8-6-4-2/h13,16-19,26-41,44-45H,3-12,14-15,20-25,42-43H2,1-2H3,(H,67,68)/b19-18+,56-29-. The molecule has 5 aromatic rings. The lowest BCUT2D eigenvalue weighted by Gasteiger charge is -2.33. The van der Waals surface area contributed by atoms with Crippen molar-refractivity contribution in [2.45, 2.75) is 129 Å². The Morgan fingerprint density at radius 2 is 1.09 bits per heavy atom. The smallest absolute Gasteiger partial charge is 0.357 e. The molecule has 0 bridgehead atoms. The van der Waals surface area contributed by atoms with Crippen LogP contribution in [0.15, 0.2) is 150 Å². The Morgan fingerprint density at radius 1 is 0.588 bits per heavy atom. The molecule has 0 atom stereocenters. The summed E-state index contributed by atoms with van der Waals surface area (Å²) in [5, 5.41) is 15.4. The van der Waals surface area contributed by atoms with E-state index in [2.05, 4.69) is 120 Å². The van der Waals surface area contributed by atoms with E-state index in [9.17, 15) is 14.7 Å². The third-order valence-electron chi connectivity index (χ3n) is 13.9. The maximum atomic E-state index is 13.5. The lowest BCUT2D eigenvalue weighted by Crippen LogP contribution is -2.24. The molecule has 7 nitrogen and oxygen atoms in total. The number of unbranched alkanes of at least 4 members (excludes halogenated alkanes) is 10. The molecule has 3 heterocycles. The van der Waals surface area contributed by atoms with Crippen molar-refractivity contribution in [2.24, 2.45) is 5.10 Å². The van der Waals surface area contributed by atoms with Crippen LogP contribution in [0, 0.1) is 0 Å². The van der Waals surface area contributed by atoms with Crippen molar-refractivity contribution < 1.29 is 14.7 Å². The van der Waals surface area contributed by atoms with Crippen molar-refractivity contribution in [3.8, 4) is 0 Å². The first-order chi connectivity index (χ1) is 33.4. The fraction of sp³-hybridized carbons (Fsp3) is 0.361. The molecule has 0 fully saturated rings. The van der Waals surface area contributed by atoms with E-state index < -0.39 is 11.9 Å². The highest BCUT2D eigenvalue weighted by Gasteiger charge is 2.34. The fourth-order valence-electron chi connectivity index (χ4n) is 10.1. The fourth-order valence-corrected chi connectivity index (χ4v) is 10.1. The molecule has 8 rings (SSSR count). The predicted molar refractivity (Wildman–Crippen MR) is 284 cm³/mol. The third-order valence-corrected chi connectivity index (χ3v) is 13.9. The number of carbonyl (C=O) groups is 2. The van der Waals surface area contributed by atoms with Crippen molar-refractivity contribution >= 4 is 51.6 Å². The monoisotopic (exact) mass is 907 g/mol. The van der Waals surface area contributed by atoms with Crippen LogP contribution in [0.2, 0.25) is 0 Å². The molecule has 0 saturated heterocycles. The normalized spacial score (nSPS) is 15.2. The number of anilines is 5. The maximum absolute atomic E-state index is 13.5. The Hall–Kier alpha value is -6.47. The van der Waals surface area contributed by atoms with E-state index in [4.69, 9.17) is 0 Å². The van der Waals surface area contributed by atoms with E-state index in [-0.39, 0.29) is 11.3 Å². The van der Waals surface area contributed by atoms with Gasteiger partial charge in [0, 0.05) is 35.8 Å². The topological polar surface area (TPSA) is 76.5 Å². The number of hydrogen-bond donors (Lipinski definition) is 1. The largest absolute Gasteiger partial charge is 0.476 e. The number of hydrazone groups is 1. The number of nitrogens with zero attached hydrogens (tertiary/aromatic N) is 4. The van der Waals surface area contributed by atoms with E-state index in [1.165, 1.54) is 122 Å². The summed E-state index contributed by atoms with van der Waals surface area (Å²) >= 11 is 0. The summed E-state index contributed by atoms with van der Waals surface area (Å²) in [5.41, 5.74) is 14.0. The summed E-state index contributed by atoms with van der Waals surface area (Å²) in [4.78, 5) is 30.8. The Bertz CT molecular complexity index is 2480. The lowest BCUT2D eigenvalue weighted by molar-refractivity contribution is -0.129. The Balaban J connectivity index is 1.06. The molecule has 0 unspecified atom stereocenters. The molecule has 0 spiro atoms. The molecule has 7 heteroatoms. The number of carboxylic acids is 1. The van der Waals surface area contributed by atoms with Gasteiger partial charge in [-0.3, -0.25) is 4.79 Å². The lowest BCUT2D eigenvalue weighted by atomic mass is 9.90. The summed E-state index contributed by atoms with van der Waals surface area (Å²) < 4.78 is 0. The number of aliphatic carboxylic acids is 1. The SMILES string of the molecule is CCCCCCCCc1ccc(N2CCCc3cc(C(=C/C=C/C=C4\C(=O)N(c5ccccc5)N=C4C(=O)O)c4ccc5c(c4)CCCN5c4ccc(CCCCCCCC)cc4)ccc32)cc1. The zero-order chi connectivity index (χ0) is 47.1. The van der Waals surface area contributed by atoms with Crippen molar-refractivity contribution in [1.29, 1.82) is 0 Å². The Kier molecular flexibility index (Phi) is 16.9. The minimum atomic E-state index is -1.24. The van der Waals surface area contributed by atoms with Crippen LogP contribution in [0.3, 0.4) is 0 Å². The number of amides is 1. The molecular weight excluding hydrogens is 837 g/mol. The molecule has 0 radical (unpaired) electrons. The van der Waals surface area contributed by atoms with Gasteiger partial charge >= 0.3 is 5.97 Å². The van der Waals surface area contributed by atoms with E-state index in [0.29, 0.717) is 5.69 Å². The number of rotatable bonds is 22. The minimum absolute atomic E-state index is 0.0428. The molecular formula is C61H70N4O3. The zero-order valence-corrected chi connectivity index (χ0v) is 40.5. The second-order valence-electron chi connectivity index (χ2n) is 18.8. The van der Waals surface area contributed by atoms with Gasteiger partial charge in [-0.05, 0) is 157 Å². The van der Waals surface area contributed by atoms with E-state index in [1.54, 1.807) is 36.4 Å². The molecule has 0 aliphatic carbocycles.